The molecule has 1 aliphatic rings. The van der Waals surface area contributed by atoms with Gasteiger partial charge in [-0.05, 0) is 18.6 Å². The van der Waals surface area contributed by atoms with Crippen molar-refractivity contribution < 1.29 is 13.6 Å². The Morgan fingerprint density at radius 2 is 2.19 bits per heavy atom. The molecule has 0 spiro atoms. The van der Waals surface area contributed by atoms with E-state index in [1.807, 2.05) is 0 Å². The standard InChI is InChI=1S/C13H13F2N5O/c1-7-2-3-9(14)12(11(7)15)17-13(21)10-6-20(19-18-10)8-4-16-5-8/h2-3,6,8,16H,4-5H2,1H3,(H,17,21). The van der Waals surface area contributed by atoms with Crippen LogP contribution in [-0.4, -0.2) is 34.0 Å². The summed E-state index contributed by atoms with van der Waals surface area (Å²) in [7, 11) is 0. The Kier molecular flexibility index (Phi) is 3.38. The summed E-state index contributed by atoms with van der Waals surface area (Å²) in [6.45, 7) is 3.00. The maximum Gasteiger partial charge on any atom is 0.277 e. The molecule has 1 saturated heterocycles. The number of anilines is 1. The number of nitrogens with one attached hydrogen (secondary N) is 2. The number of amides is 1. The first kappa shape index (κ1) is 13.6. The molecule has 21 heavy (non-hydrogen) atoms. The largest absolute Gasteiger partial charge is 0.316 e. The Morgan fingerprint density at radius 3 is 2.86 bits per heavy atom. The lowest BCUT2D eigenvalue weighted by Gasteiger charge is -2.26. The molecule has 2 aromatic rings. The number of carbonyl (C=O) groups is 1. The van der Waals surface area contributed by atoms with Crippen LogP contribution in [0.3, 0.4) is 0 Å². The van der Waals surface area contributed by atoms with Crippen molar-refractivity contribution in [1.29, 1.82) is 0 Å². The number of hydrogen-bond acceptors (Lipinski definition) is 4. The van der Waals surface area contributed by atoms with Gasteiger partial charge in [-0.1, -0.05) is 11.3 Å². The minimum Gasteiger partial charge on any atom is -0.316 e. The molecule has 1 fully saturated rings. The predicted octanol–water partition coefficient (Wildman–Crippen LogP) is 1.26. The number of rotatable bonds is 3. The summed E-state index contributed by atoms with van der Waals surface area (Å²) < 4.78 is 29.0. The van der Waals surface area contributed by atoms with Crippen molar-refractivity contribution in [1.82, 2.24) is 20.3 Å². The molecule has 6 nitrogen and oxygen atoms in total. The van der Waals surface area contributed by atoms with Gasteiger partial charge in [0.2, 0.25) is 0 Å². The van der Waals surface area contributed by atoms with E-state index in [0.717, 1.165) is 19.2 Å². The third kappa shape index (κ3) is 2.49. The molecule has 1 aliphatic heterocycles. The van der Waals surface area contributed by atoms with Gasteiger partial charge in [0.15, 0.2) is 11.5 Å². The van der Waals surface area contributed by atoms with Crippen LogP contribution in [0.2, 0.25) is 0 Å². The molecule has 2 N–H and O–H groups in total. The average Bonchev–Trinajstić information content (AvgIpc) is 2.86. The molecule has 0 unspecified atom stereocenters. The normalized spacial score (nSPS) is 14.8. The van der Waals surface area contributed by atoms with Crippen LogP contribution >= 0.6 is 0 Å². The molecule has 0 saturated carbocycles. The highest BCUT2D eigenvalue weighted by Crippen LogP contribution is 2.22. The molecule has 3 rings (SSSR count). The molecule has 0 radical (unpaired) electrons. The summed E-state index contributed by atoms with van der Waals surface area (Å²) in [5, 5.41) is 12.8. The first-order valence-corrected chi connectivity index (χ1v) is 6.45. The number of carbonyl (C=O) groups excluding carboxylic acids is 1. The van der Waals surface area contributed by atoms with Gasteiger partial charge in [-0.2, -0.15) is 0 Å². The van der Waals surface area contributed by atoms with Crippen LogP contribution in [0.4, 0.5) is 14.5 Å². The lowest BCUT2D eigenvalue weighted by molar-refractivity contribution is 0.102. The van der Waals surface area contributed by atoms with Gasteiger partial charge < -0.3 is 10.6 Å². The molecule has 0 bridgehead atoms. The van der Waals surface area contributed by atoms with Crippen molar-refractivity contribution >= 4 is 11.6 Å². The zero-order chi connectivity index (χ0) is 15.0. The van der Waals surface area contributed by atoms with Gasteiger partial charge in [-0.3, -0.25) is 4.79 Å². The number of nitrogens with zero attached hydrogens (tertiary/aromatic N) is 3. The fourth-order valence-electron chi connectivity index (χ4n) is 1.97. The van der Waals surface area contributed by atoms with E-state index in [9.17, 15) is 13.6 Å². The van der Waals surface area contributed by atoms with E-state index >= 15 is 0 Å². The Morgan fingerprint density at radius 1 is 1.43 bits per heavy atom. The lowest BCUT2D eigenvalue weighted by atomic mass is 10.2. The molecule has 0 atom stereocenters. The predicted molar refractivity (Wildman–Crippen MR) is 71.0 cm³/mol. The van der Waals surface area contributed by atoms with E-state index in [-0.39, 0.29) is 17.3 Å². The summed E-state index contributed by atoms with van der Waals surface area (Å²) in [6.07, 6.45) is 1.46. The Bertz CT molecular complexity index is 696. The van der Waals surface area contributed by atoms with Crippen molar-refractivity contribution in [3.8, 4) is 0 Å². The van der Waals surface area contributed by atoms with E-state index in [0.29, 0.717) is 0 Å². The molecule has 1 aromatic carbocycles. The number of benzene rings is 1. The maximum absolute atomic E-state index is 13.8. The van der Waals surface area contributed by atoms with Crippen molar-refractivity contribution in [2.24, 2.45) is 0 Å². The molecule has 1 amide bonds. The zero-order valence-corrected chi connectivity index (χ0v) is 11.2. The average molecular weight is 293 g/mol. The smallest absolute Gasteiger partial charge is 0.277 e. The van der Waals surface area contributed by atoms with Crippen LogP contribution in [0.5, 0.6) is 0 Å². The van der Waals surface area contributed by atoms with Crippen molar-refractivity contribution in [3.63, 3.8) is 0 Å². The Hall–Kier alpha value is -2.35. The molecule has 8 heteroatoms. The fourth-order valence-corrected chi connectivity index (χ4v) is 1.97. The molecule has 1 aromatic heterocycles. The second-order valence-electron chi connectivity index (χ2n) is 4.90. The minimum absolute atomic E-state index is 0.0159. The van der Waals surface area contributed by atoms with Gasteiger partial charge in [-0.25, -0.2) is 13.5 Å². The van der Waals surface area contributed by atoms with Gasteiger partial charge in [0.05, 0.1) is 12.2 Å². The quantitative estimate of drug-likeness (QED) is 0.893. The Balaban J connectivity index is 1.80. The van der Waals surface area contributed by atoms with Gasteiger partial charge in [0.25, 0.3) is 5.91 Å². The van der Waals surface area contributed by atoms with Crippen LogP contribution in [-0.2, 0) is 0 Å². The van der Waals surface area contributed by atoms with Gasteiger partial charge in [0.1, 0.15) is 11.5 Å². The minimum atomic E-state index is -0.831. The van der Waals surface area contributed by atoms with Crippen LogP contribution < -0.4 is 10.6 Å². The summed E-state index contributed by atoms with van der Waals surface area (Å²) >= 11 is 0. The summed E-state index contributed by atoms with van der Waals surface area (Å²) in [4.78, 5) is 12.0. The molecule has 110 valence electrons. The molecule has 0 aliphatic carbocycles. The fraction of sp³-hybridized carbons (Fsp3) is 0.308. The first-order chi connectivity index (χ1) is 10.1. The second kappa shape index (κ2) is 5.21. The summed E-state index contributed by atoms with van der Waals surface area (Å²) in [5.74, 6) is -2.32. The summed E-state index contributed by atoms with van der Waals surface area (Å²) in [6, 6.07) is 2.57. The van der Waals surface area contributed by atoms with Crippen molar-refractivity contribution in [3.05, 3.63) is 41.2 Å². The monoisotopic (exact) mass is 293 g/mol. The number of aryl methyl sites for hydroxylation is 1. The van der Waals surface area contributed by atoms with E-state index in [4.69, 9.17) is 0 Å². The first-order valence-electron chi connectivity index (χ1n) is 6.45. The highest BCUT2D eigenvalue weighted by molar-refractivity contribution is 6.02. The van der Waals surface area contributed by atoms with Crippen LogP contribution in [0.15, 0.2) is 18.3 Å². The van der Waals surface area contributed by atoms with Crippen LogP contribution in [0.25, 0.3) is 0 Å². The van der Waals surface area contributed by atoms with E-state index in [1.165, 1.54) is 19.2 Å². The number of aromatic nitrogens is 3. The SMILES string of the molecule is Cc1ccc(F)c(NC(=O)c2cn(C3CNC3)nn2)c1F. The van der Waals surface area contributed by atoms with Crippen LogP contribution in [0, 0.1) is 18.6 Å². The summed E-state index contributed by atoms with van der Waals surface area (Å²) in [5.41, 5.74) is -0.210. The zero-order valence-electron chi connectivity index (χ0n) is 11.2. The number of hydrogen-bond donors (Lipinski definition) is 2. The van der Waals surface area contributed by atoms with Gasteiger partial charge >= 0.3 is 0 Å². The lowest BCUT2D eigenvalue weighted by Crippen LogP contribution is -2.43. The maximum atomic E-state index is 13.8. The number of halogens is 2. The molecule has 2 heterocycles. The topological polar surface area (TPSA) is 71.8 Å². The van der Waals surface area contributed by atoms with Gasteiger partial charge in [-0.15, -0.1) is 5.10 Å². The Labute approximate surface area is 119 Å². The van der Waals surface area contributed by atoms with E-state index in [2.05, 4.69) is 20.9 Å². The van der Waals surface area contributed by atoms with E-state index < -0.39 is 23.2 Å². The second-order valence-corrected chi connectivity index (χ2v) is 4.90. The third-order valence-electron chi connectivity index (χ3n) is 3.40. The van der Waals surface area contributed by atoms with Crippen molar-refractivity contribution in [2.75, 3.05) is 18.4 Å². The van der Waals surface area contributed by atoms with Gasteiger partial charge in [0, 0.05) is 13.1 Å². The highest BCUT2D eigenvalue weighted by atomic mass is 19.1. The third-order valence-corrected chi connectivity index (χ3v) is 3.40. The van der Waals surface area contributed by atoms with Crippen LogP contribution in [0.1, 0.15) is 22.1 Å². The highest BCUT2D eigenvalue weighted by Gasteiger charge is 2.22. The molecular weight excluding hydrogens is 280 g/mol. The van der Waals surface area contributed by atoms with Crippen molar-refractivity contribution in [2.45, 2.75) is 13.0 Å². The van der Waals surface area contributed by atoms with E-state index in [1.54, 1.807) is 4.68 Å². The molecular formula is C13H13F2N5O.